The van der Waals surface area contributed by atoms with Crippen molar-refractivity contribution in [1.29, 1.82) is 0 Å². The van der Waals surface area contributed by atoms with Crippen LogP contribution < -0.4 is 0 Å². The van der Waals surface area contributed by atoms with Gasteiger partial charge in [0.1, 0.15) is 11.4 Å². The van der Waals surface area contributed by atoms with Crippen LogP contribution in [0, 0.1) is 12.7 Å². The number of benzene rings is 1. The number of hydrogen-bond donors (Lipinski definition) is 0. The zero-order valence-electron chi connectivity index (χ0n) is 12.2. The fourth-order valence-corrected chi connectivity index (χ4v) is 2.52. The van der Waals surface area contributed by atoms with E-state index in [0.29, 0.717) is 13.1 Å². The topological polar surface area (TPSA) is 40.6 Å². The molecule has 1 fully saturated rings. The van der Waals surface area contributed by atoms with Crippen LogP contribution in [0.25, 0.3) is 0 Å². The first-order valence-electron chi connectivity index (χ1n) is 6.59. The Labute approximate surface area is 118 Å². The number of likely N-dealkylation sites (N-methyl/N-ethyl adjacent to an activating group) is 1. The lowest BCUT2D eigenvalue weighted by molar-refractivity contribution is -0.144. The molecule has 0 spiro atoms. The van der Waals surface area contributed by atoms with Crippen LogP contribution in [0.1, 0.15) is 29.8 Å². The van der Waals surface area contributed by atoms with E-state index < -0.39 is 17.3 Å². The van der Waals surface area contributed by atoms with E-state index in [4.69, 9.17) is 0 Å². The second-order valence-corrected chi connectivity index (χ2v) is 5.73. The average molecular weight is 278 g/mol. The fourth-order valence-electron chi connectivity index (χ4n) is 2.52. The highest BCUT2D eigenvalue weighted by Gasteiger charge is 2.43. The third kappa shape index (κ3) is 2.28. The molecule has 0 aliphatic carbocycles. The highest BCUT2D eigenvalue weighted by molar-refractivity contribution is 5.99. The van der Waals surface area contributed by atoms with Gasteiger partial charge in [-0.25, -0.2) is 4.39 Å². The van der Waals surface area contributed by atoms with E-state index in [0.717, 1.165) is 5.56 Å². The molecule has 1 saturated heterocycles. The molecule has 0 radical (unpaired) electrons. The molecule has 2 amide bonds. The normalized spacial score (nSPS) is 18.4. The van der Waals surface area contributed by atoms with E-state index in [2.05, 4.69) is 0 Å². The lowest BCUT2D eigenvalue weighted by atomic mass is 9.96. The lowest BCUT2D eigenvalue weighted by Crippen LogP contribution is -2.63. The van der Waals surface area contributed by atoms with Gasteiger partial charge in [-0.15, -0.1) is 0 Å². The molecule has 0 saturated carbocycles. The van der Waals surface area contributed by atoms with Crippen molar-refractivity contribution < 1.29 is 14.0 Å². The molecule has 1 aliphatic heterocycles. The Morgan fingerprint density at radius 3 is 2.60 bits per heavy atom. The van der Waals surface area contributed by atoms with Crippen LogP contribution in [0.2, 0.25) is 0 Å². The largest absolute Gasteiger partial charge is 0.342 e. The fraction of sp³-hybridized carbons (Fsp3) is 0.467. The molecule has 0 N–H and O–H groups in total. The van der Waals surface area contributed by atoms with Crippen LogP contribution in [-0.2, 0) is 4.79 Å². The number of rotatable bonds is 1. The predicted octanol–water partition coefficient (Wildman–Crippen LogP) is 1.83. The molecule has 0 atom stereocenters. The Bertz CT molecular complexity index is 569. The average Bonchev–Trinajstić information content (AvgIpc) is 2.38. The van der Waals surface area contributed by atoms with Gasteiger partial charge in [-0.1, -0.05) is 11.6 Å². The summed E-state index contributed by atoms with van der Waals surface area (Å²) >= 11 is 0. The smallest absolute Gasteiger partial charge is 0.257 e. The number of nitrogens with zero attached hydrogens (tertiary/aromatic N) is 2. The maximum Gasteiger partial charge on any atom is 0.257 e. The van der Waals surface area contributed by atoms with E-state index >= 15 is 0 Å². The van der Waals surface area contributed by atoms with Crippen molar-refractivity contribution in [2.75, 3.05) is 20.1 Å². The number of aryl methyl sites for hydroxylation is 1. The van der Waals surface area contributed by atoms with Crippen LogP contribution in [0.3, 0.4) is 0 Å². The zero-order valence-corrected chi connectivity index (χ0v) is 12.2. The molecule has 20 heavy (non-hydrogen) atoms. The van der Waals surface area contributed by atoms with Crippen molar-refractivity contribution >= 4 is 11.8 Å². The summed E-state index contributed by atoms with van der Waals surface area (Å²) < 4.78 is 13.9. The van der Waals surface area contributed by atoms with Crippen molar-refractivity contribution in [3.8, 4) is 0 Å². The summed E-state index contributed by atoms with van der Waals surface area (Å²) in [5, 5.41) is 0. The molecule has 0 unspecified atom stereocenters. The van der Waals surface area contributed by atoms with Crippen LogP contribution in [0.15, 0.2) is 18.2 Å². The SMILES string of the molecule is Cc1ccc(F)c(C(=O)N2CCN(C)C(=O)C2(C)C)c1. The quantitative estimate of drug-likeness (QED) is 0.786. The van der Waals surface area contributed by atoms with Crippen LogP contribution in [0.4, 0.5) is 4.39 Å². The Morgan fingerprint density at radius 1 is 1.30 bits per heavy atom. The molecule has 5 heteroatoms. The third-order valence-electron chi connectivity index (χ3n) is 3.80. The molecule has 1 aromatic rings. The van der Waals surface area contributed by atoms with Gasteiger partial charge in [0.15, 0.2) is 0 Å². The molecule has 1 aliphatic rings. The second-order valence-electron chi connectivity index (χ2n) is 5.73. The van der Waals surface area contributed by atoms with Crippen LogP contribution >= 0.6 is 0 Å². The standard InChI is InChI=1S/C15H19FN2O2/c1-10-5-6-12(16)11(9-10)13(19)18-8-7-17(4)14(20)15(18,2)3/h5-6,9H,7-8H2,1-4H3. The Morgan fingerprint density at radius 2 is 1.95 bits per heavy atom. The van der Waals surface area contributed by atoms with Gasteiger partial charge in [-0.3, -0.25) is 9.59 Å². The first-order valence-corrected chi connectivity index (χ1v) is 6.59. The van der Waals surface area contributed by atoms with Gasteiger partial charge >= 0.3 is 0 Å². The number of carbonyl (C=O) groups excluding carboxylic acids is 2. The molecule has 1 heterocycles. The van der Waals surface area contributed by atoms with Crippen molar-refractivity contribution in [1.82, 2.24) is 9.80 Å². The summed E-state index contributed by atoms with van der Waals surface area (Å²) in [6.07, 6.45) is 0. The highest BCUT2D eigenvalue weighted by atomic mass is 19.1. The molecular formula is C15H19FN2O2. The Kier molecular flexibility index (Phi) is 3.54. The molecule has 0 bridgehead atoms. The Balaban J connectivity index is 2.38. The second kappa shape index (κ2) is 4.89. The summed E-state index contributed by atoms with van der Waals surface area (Å²) in [5.74, 6) is -1.12. The maximum atomic E-state index is 13.9. The third-order valence-corrected chi connectivity index (χ3v) is 3.80. The first-order chi connectivity index (χ1) is 9.25. The van der Waals surface area contributed by atoms with Gasteiger partial charge in [0, 0.05) is 20.1 Å². The molecule has 1 aromatic carbocycles. The summed E-state index contributed by atoms with van der Waals surface area (Å²) in [4.78, 5) is 27.8. The summed E-state index contributed by atoms with van der Waals surface area (Å²) in [6, 6.07) is 4.43. The van der Waals surface area contributed by atoms with Crippen LogP contribution in [0.5, 0.6) is 0 Å². The van der Waals surface area contributed by atoms with Gasteiger partial charge in [0.05, 0.1) is 5.56 Å². The van der Waals surface area contributed by atoms with E-state index in [1.807, 2.05) is 0 Å². The lowest BCUT2D eigenvalue weighted by Gasteiger charge is -2.44. The summed E-state index contributed by atoms with van der Waals surface area (Å²) in [6.45, 7) is 6.05. The van der Waals surface area contributed by atoms with Crippen molar-refractivity contribution in [2.24, 2.45) is 0 Å². The van der Waals surface area contributed by atoms with Gasteiger partial charge < -0.3 is 9.80 Å². The maximum absolute atomic E-state index is 13.9. The number of carbonyl (C=O) groups is 2. The molecule has 0 aromatic heterocycles. The van der Waals surface area contributed by atoms with Gasteiger partial charge in [0.25, 0.3) is 5.91 Å². The summed E-state index contributed by atoms with van der Waals surface area (Å²) in [5.41, 5.74) is -0.122. The van der Waals surface area contributed by atoms with Crippen LogP contribution in [-0.4, -0.2) is 47.3 Å². The molecule has 2 rings (SSSR count). The van der Waals surface area contributed by atoms with Crippen molar-refractivity contribution in [3.05, 3.63) is 35.1 Å². The summed E-state index contributed by atoms with van der Waals surface area (Å²) in [7, 11) is 1.71. The van der Waals surface area contributed by atoms with E-state index in [1.165, 1.54) is 17.0 Å². The highest BCUT2D eigenvalue weighted by Crippen LogP contribution is 2.25. The van der Waals surface area contributed by atoms with Gasteiger partial charge in [-0.2, -0.15) is 0 Å². The number of halogens is 1. The molecule has 4 nitrogen and oxygen atoms in total. The van der Waals surface area contributed by atoms with E-state index in [9.17, 15) is 14.0 Å². The molecule has 108 valence electrons. The number of piperazine rings is 1. The van der Waals surface area contributed by atoms with Gasteiger partial charge in [0.2, 0.25) is 5.91 Å². The van der Waals surface area contributed by atoms with Crippen molar-refractivity contribution in [3.63, 3.8) is 0 Å². The van der Waals surface area contributed by atoms with E-state index in [-0.39, 0.29) is 11.5 Å². The number of amides is 2. The van der Waals surface area contributed by atoms with Gasteiger partial charge in [-0.05, 0) is 32.9 Å². The minimum atomic E-state index is -0.958. The minimum Gasteiger partial charge on any atom is -0.342 e. The minimum absolute atomic E-state index is 0.0235. The predicted molar refractivity (Wildman–Crippen MR) is 73.9 cm³/mol. The monoisotopic (exact) mass is 278 g/mol. The number of hydrogen-bond acceptors (Lipinski definition) is 2. The molecular weight excluding hydrogens is 259 g/mol. The van der Waals surface area contributed by atoms with Crippen molar-refractivity contribution in [2.45, 2.75) is 26.3 Å². The van der Waals surface area contributed by atoms with E-state index in [1.54, 1.807) is 38.8 Å². The first kappa shape index (κ1) is 14.5. The zero-order chi connectivity index (χ0) is 15.1. The Hall–Kier alpha value is -1.91.